The third-order valence-electron chi connectivity index (χ3n) is 3.23. The van der Waals surface area contributed by atoms with Crippen LogP contribution in [-0.2, 0) is 11.3 Å². The largest absolute Gasteiger partial charge is 0.391 e. The highest BCUT2D eigenvalue weighted by atomic mass is 16.5. The van der Waals surface area contributed by atoms with E-state index >= 15 is 0 Å². The number of methoxy groups -OCH3 is 1. The molecule has 2 aromatic rings. The number of nitrogens with one attached hydrogen (secondary N) is 1. The maximum atomic E-state index is 9.57. The molecule has 1 atom stereocenters. The minimum Gasteiger partial charge on any atom is -0.391 e. The van der Waals surface area contributed by atoms with E-state index in [4.69, 9.17) is 4.74 Å². The van der Waals surface area contributed by atoms with Gasteiger partial charge >= 0.3 is 0 Å². The van der Waals surface area contributed by atoms with Gasteiger partial charge in [0, 0.05) is 25.4 Å². The Balaban J connectivity index is 1.85. The third-order valence-corrected chi connectivity index (χ3v) is 3.23. The lowest BCUT2D eigenvalue weighted by molar-refractivity contribution is 0.0594. The highest BCUT2D eigenvalue weighted by Crippen LogP contribution is 2.17. The molecule has 0 bridgehead atoms. The minimum atomic E-state index is -0.401. The zero-order valence-electron chi connectivity index (χ0n) is 12.3. The van der Waals surface area contributed by atoms with Gasteiger partial charge in [0.25, 0.3) is 0 Å². The number of benzene rings is 1. The number of aliphatic hydroxyl groups is 1. The Kier molecular flexibility index (Phi) is 6.34. The van der Waals surface area contributed by atoms with Crippen molar-refractivity contribution >= 4 is 0 Å². The number of rotatable bonds is 8. The van der Waals surface area contributed by atoms with Crippen molar-refractivity contribution < 1.29 is 9.84 Å². The number of aromatic nitrogens is 1. The molecule has 1 aromatic heterocycles. The van der Waals surface area contributed by atoms with Crippen molar-refractivity contribution in [2.45, 2.75) is 19.1 Å². The quantitative estimate of drug-likeness (QED) is 0.731. The Hall–Kier alpha value is -1.75. The Bertz CT molecular complexity index is 531. The molecule has 112 valence electrons. The van der Waals surface area contributed by atoms with Gasteiger partial charge in [-0.1, -0.05) is 24.3 Å². The number of hydrogen-bond donors (Lipinski definition) is 2. The summed E-state index contributed by atoms with van der Waals surface area (Å²) in [5.74, 6) is 0. The fourth-order valence-corrected chi connectivity index (χ4v) is 2.15. The molecule has 0 saturated carbocycles. The van der Waals surface area contributed by atoms with Gasteiger partial charge in [-0.25, -0.2) is 0 Å². The normalized spacial score (nSPS) is 12.3. The molecule has 1 heterocycles. The first-order chi connectivity index (χ1) is 10.3. The topological polar surface area (TPSA) is 54.4 Å². The SMILES string of the molecule is COCC(O)CCNCc1cccc(-c2ccccn2)c1. The van der Waals surface area contributed by atoms with Crippen LogP contribution < -0.4 is 5.32 Å². The first-order valence-electron chi connectivity index (χ1n) is 7.17. The molecule has 2 N–H and O–H groups in total. The zero-order valence-corrected chi connectivity index (χ0v) is 12.3. The molecular formula is C17H22N2O2. The van der Waals surface area contributed by atoms with Crippen LogP contribution in [-0.4, -0.2) is 36.5 Å². The molecule has 4 nitrogen and oxygen atoms in total. The third kappa shape index (κ3) is 5.27. The van der Waals surface area contributed by atoms with Gasteiger partial charge in [0.2, 0.25) is 0 Å². The maximum absolute atomic E-state index is 9.57. The highest BCUT2D eigenvalue weighted by Gasteiger charge is 2.03. The second-order valence-corrected chi connectivity index (χ2v) is 4.99. The van der Waals surface area contributed by atoms with E-state index in [1.54, 1.807) is 13.3 Å². The lowest BCUT2D eigenvalue weighted by Crippen LogP contribution is -2.23. The molecule has 4 heteroatoms. The summed E-state index contributed by atoms with van der Waals surface area (Å²) in [6.07, 6.45) is 2.09. The lowest BCUT2D eigenvalue weighted by atomic mass is 10.1. The van der Waals surface area contributed by atoms with Crippen molar-refractivity contribution in [2.75, 3.05) is 20.3 Å². The minimum absolute atomic E-state index is 0.386. The molecular weight excluding hydrogens is 264 g/mol. The molecule has 0 spiro atoms. The maximum Gasteiger partial charge on any atom is 0.0785 e. The van der Waals surface area contributed by atoms with E-state index in [1.165, 1.54) is 5.56 Å². The van der Waals surface area contributed by atoms with Gasteiger partial charge < -0.3 is 15.2 Å². The summed E-state index contributed by atoms with van der Waals surface area (Å²) in [6, 6.07) is 14.2. The molecule has 21 heavy (non-hydrogen) atoms. The standard InChI is InChI=1S/C17H22N2O2/c1-21-13-16(20)8-10-18-12-14-5-4-6-15(11-14)17-7-2-3-9-19-17/h2-7,9,11,16,18,20H,8,10,12-13H2,1H3. The summed E-state index contributed by atoms with van der Waals surface area (Å²) in [7, 11) is 1.60. The van der Waals surface area contributed by atoms with E-state index < -0.39 is 6.10 Å². The summed E-state index contributed by atoms with van der Waals surface area (Å²) in [4.78, 5) is 4.36. The second-order valence-electron chi connectivity index (χ2n) is 4.99. The summed E-state index contributed by atoms with van der Waals surface area (Å²) in [6.45, 7) is 1.93. The van der Waals surface area contributed by atoms with E-state index in [0.717, 1.165) is 24.3 Å². The van der Waals surface area contributed by atoms with Crippen LogP contribution in [0.1, 0.15) is 12.0 Å². The van der Waals surface area contributed by atoms with E-state index in [9.17, 15) is 5.11 Å². The van der Waals surface area contributed by atoms with Crippen LogP contribution in [0.4, 0.5) is 0 Å². The van der Waals surface area contributed by atoms with Crippen molar-refractivity contribution in [1.29, 1.82) is 0 Å². The Morgan fingerprint density at radius 2 is 2.14 bits per heavy atom. The molecule has 0 saturated heterocycles. The van der Waals surface area contributed by atoms with Crippen LogP contribution >= 0.6 is 0 Å². The summed E-state index contributed by atoms with van der Waals surface area (Å²) in [5, 5.41) is 12.9. The number of pyridine rings is 1. The number of aliphatic hydroxyl groups excluding tert-OH is 1. The summed E-state index contributed by atoms with van der Waals surface area (Å²) >= 11 is 0. The van der Waals surface area contributed by atoms with E-state index in [1.807, 2.05) is 24.3 Å². The van der Waals surface area contributed by atoms with E-state index in [2.05, 4.69) is 28.5 Å². The monoisotopic (exact) mass is 286 g/mol. The van der Waals surface area contributed by atoms with Crippen molar-refractivity contribution in [3.63, 3.8) is 0 Å². The van der Waals surface area contributed by atoms with Crippen LogP contribution in [0.5, 0.6) is 0 Å². The van der Waals surface area contributed by atoms with Gasteiger partial charge in [0.05, 0.1) is 18.4 Å². The van der Waals surface area contributed by atoms with Gasteiger partial charge in [-0.15, -0.1) is 0 Å². The first-order valence-corrected chi connectivity index (χ1v) is 7.17. The average Bonchev–Trinajstić information content (AvgIpc) is 2.53. The smallest absolute Gasteiger partial charge is 0.0785 e. The van der Waals surface area contributed by atoms with Crippen molar-refractivity contribution in [1.82, 2.24) is 10.3 Å². The fourth-order valence-electron chi connectivity index (χ4n) is 2.15. The lowest BCUT2D eigenvalue weighted by Gasteiger charge is -2.10. The molecule has 0 radical (unpaired) electrons. The Morgan fingerprint density at radius 3 is 2.90 bits per heavy atom. The molecule has 0 fully saturated rings. The van der Waals surface area contributed by atoms with Crippen molar-refractivity contribution in [2.24, 2.45) is 0 Å². The van der Waals surface area contributed by atoms with E-state index in [0.29, 0.717) is 13.0 Å². The van der Waals surface area contributed by atoms with Gasteiger partial charge in [-0.2, -0.15) is 0 Å². The fraction of sp³-hybridized carbons (Fsp3) is 0.353. The van der Waals surface area contributed by atoms with Gasteiger partial charge in [-0.05, 0) is 36.7 Å². The number of ether oxygens (including phenoxy) is 1. The van der Waals surface area contributed by atoms with E-state index in [-0.39, 0.29) is 0 Å². The zero-order chi connectivity index (χ0) is 14.9. The van der Waals surface area contributed by atoms with Crippen LogP contribution in [0, 0.1) is 0 Å². The van der Waals surface area contributed by atoms with Crippen LogP contribution in [0.15, 0.2) is 48.7 Å². The highest BCUT2D eigenvalue weighted by molar-refractivity contribution is 5.59. The second kappa shape index (κ2) is 8.52. The van der Waals surface area contributed by atoms with Gasteiger partial charge in [0.15, 0.2) is 0 Å². The molecule has 0 aliphatic rings. The molecule has 1 aromatic carbocycles. The number of nitrogens with zero attached hydrogens (tertiary/aromatic N) is 1. The first kappa shape index (κ1) is 15.6. The molecule has 0 aliphatic carbocycles. The van der Waals surface area contributed by atoms with Crippen LogP contribution in [0.3, 0.4) is 0 Å². The summed E-state index contributed by atoms with van der Waals surface area (Å²) < 4.78 is 4.90. The Labute approximate surface area is 125 Å². The van der Waals surface area contributed by atoms with Gasteiger partial charge in [-0.3, -0.25) is 4.98 Å². The molecule has 0 amide bonds. The van der Waals surface area contributed by atoms with Crippen molar-refractivity contribution in [3.05, 3.63) is 54.2 Å². The predicted molar refractivity (Wildman–Crippen MR) is 83.9 cm³/mol. The van der Waals surface area contributed by atoms with Gasteiger partial charge in [0.1, 0.15) is 0 Å². The van der Waals surface area contributed by atoms with Crippen LogP contribution in [0.2, 0.25) is 0 Å². The van der Waals surface area contributed by atoms with Crippen LogP contribution in [0.25, 0.3) is 11.3 Å². The molecule has 1 unspecified atom stereocenters. The average molecular weight is 286 g/mol. The number of hydrogen-bond acceptors (Lipinski definition) is 4. The molecule has 2 rings (SSSR count). The van der Waals surface area contributed by atoms with Crippen molar-refractivity contribution in [3.8, 4) is 11.3 Å². The Morgan fingerprint density at radius 1 is 1.24 bits per heavy atom. The molecule has 0 aliphatic heterocycles. The predicted octanol–water partition coefficient (Wildman–Crippen LogP) is 2.24. The summed E-state index contributed by atoms with van der Waals surface area (Å²) in [5.41, 5.74) is 3.31.